The van der Waals surface area contributed by atoms with Gasteiger partial charge in [-0.15, -0.1) is 0 Å². The first kappa shape index (κ1) is 9.06. The summed E-state index contributed by atoms with van der Waals surface area (Å²) in [4.78, 5) is 13.2. The van der Waals surface area contributed by atoms with Crippen molar-refractivity contribution in [2.75, 3.05) is 20.6 Å². The molecule has 0 amide bonds. The Hall–Kier alpha value is -1.03. The van der Waals surface area contributed by atoms with Crippen LogP contribution in [-0.4, -0.2) is 35.3 Å². The number of aromatic nitrogens is 2. The second-order valence-corrected chi connectivity index (χ2v) is 3.23. The van der Waals surface area contributed by atoms with Gasteiger partial charge < -0.3 is 4.90 Å². The van der Waals surface area contributed by atoms with Crippen molar-refractivity contribution in [3.8, 4) is 0 Å². The monoisotopic (exact) mass is 169 g/mol. The van der Waals surface area contributed by atoms with E-state index in [0.29, 0.717) is 0 Å². The molecule has 0 saturated carbocycles. The molecule has 1 rings (SSSR count). The third-order valence-electron chi connectivity index (χ3n) is 1.69. The Morgan fingerprint density at radius 3 is 2.67 bits per heavy atom. The van der Waals surface area contributed by atoms with Gasteiger partial charge in [0.25, 0.3) is 5.56 Å². The molecule has 12 heavy (non-hydrogen) atoms. The highest BCUT2D eigenvalue weighted by molar-refractivity contribution is 4.95. The maximum Gasteiger partial charge on any atom is 0.266 e. The minimum atomic E-state index is 0.0503. The summed E-state index contributed by atoms with van der Waals surface area (Å²) >= 11 is 0. The van der Waals surface area contributed by atoms with E-state index < -0.39 is 0 Å². The molecule has 0 unspecified atom stereocenters. The van der Waals surface area contributed by atoms with Crippen LogP contribution < -0.4 is 5.56 Å². The molecule has 4 nitrogen and oxygen atoms in total. The Balaban J connectivity index is 2.63. The van der Waals surface area contributed by atoms with Crippen LogP contribution in [0.15, 0.2) is 10.9 Å². The second-order valence-electron chi connectivity index (χ2n) is 3.23. The van der Waals surface area contributed by atoms with E-state index >= 15 is 0 Å². The van der Waals surface area contributed by atoms with Gasteiger partial charge in [0.2, 0.25) is 0 Å². The second kappa shape index (κ2) is 3.58. The van der Waals surface area contributed by atoms with E-state index in [9.17, 15) is 4.79 Å². The van der Waals surface area contributed by atoms with Crippen LogP contribution in [0.25, 0.3) is 0 Å². The van der Waals surface area contributed by atoms with Crippen molar-refractivity contribution in [1.29, 1.82) is 0 Å². The predicted octanol–water partition coefficient (Wildman–Crippen LogP) is 0.0464. The Morgan fingerprint density at radius 1 is 1.58 bits per heavy atom. The summed E-state index contributed by atoms with van der Waals surface area (Å²) in [5, 5.41) is 2.98. The van der Waals surface area contributed by atoms with E-state index in [1.807, 2.05) is 25.9 Å². The molecule has 0 aromatic carbocycles. The lowest BCUT2D eigenvalue weighted by molar-refractivity contribution is 0.370. The number of H-pyrrole nitrogens is 1. The first-order valence-corrected chi connectivity index (χ1v) is 4.01. The Kier molecular flexibility index (Phi) is 2.70. The summed E-state index contributed by atoms with van der Waals surface area (Å²) in [6.07, 6.45) is 0. The van der Waals surface area contributed by atoms with Crippen molar-refractivity contribution in [2.45, 2.75) is 13.5 Å². The van der Waals surface area contributed by atoms with E-state index in [0.717, 1.165) is 18.8 Å². The quantitative estimate of drug-likeness (QED) is 0.694. The van der Waals surface area contributed by atoms with Gasteiger partial charge in [0.05, 0.1) is 6.54 Å². The standard InChI is InChI=1S/C8H15N3O/c1-7-6-8(12)11(9-7)5-4-10(2)3/h6,9H,4-5H2,1-3H3. The molecule has 4 heteroatoms. The number of aryl methyl sites for hydroxylation is 1. The predicted molar refractivity (Wildman–Crippen MR) is 48.3 cm³/mol. The molecule has 0 aliphatic carbocycles. The van der Waals surface area contributed by atoms with Crippen molar-refractivity contribution in [2.24, 2.45) is 0 Å². The molecule has 0 aliphatic rings. The molecule has 0 saturated heterocycles. The van der Waals surface area contributed by atoms with Crippen molar-refractivity contribution in [3.63, 3.8) is 0 Å². The molecule has 1 heterocycles. The Bertz CT molecular complexity index is 297. The highest BCUT2D eigenvalue weighted by Gasteiger charge is 1.98. The van der Waals surface area contributed by atoms with Gasteiger partial charge in [0.1, 0.15) is 0 Å². The average molecular weight is 169 g/mol. The fraction of sp³-hybridized carbons (Fsp3) is 0.625. The topological polar surface area (TPSA) is 41.0 Å². The van der Waals surface area contributed by atoms with Gasteiger partial charge >= 0.3 is 0 Å². The van der Waals surface area contributed by atoms with Crippen LogP contribution in [0.2, 0.25) is 0 Å². The zero-order valence-electron chi connectivity index (χ0n) is 7.79. The van der Waals surface area contributed by atoms with E-state index in [1.54, 1.807) is 10.7 Å². The van der Waals surface area contributed by atoms with Crippen molar-refractivity contribution >= 4 is 0 Å². The highest BCUT2D eigenvalue weighted by Crippen LogP contribution is 1.86. The molecule has 1 aromatic rings. The number of aromatic amines is 1. The van der Waals surface area contributed by atoms with Crippen LogP contribution in [0.5, 0.6) is 0 Å². The van der Waals surface area contributed by atoms with Crippen LogP contribution >= 0.6 is 0 Å². The van der Waals surface area contributed by atoms with Crippen molar-refractivity contribution in [3.05, 3.63) is 22.1 Å². The molecule has 0 fully saturated rings. The van der Waals surface area contributed by atoms with E-state index in [4.69, 9.17) is 0 Å². The molecule has 0 bridgehead atoms. The summed E-state index contributed by atoms with van der Waals surface area (Å²) < 4.78 is 1.62. The van der Waals surface area contributed by atoms with Crippen molar-refractivity contribution in [1.82, 2.24) is 14.7 Å². The molecule has 0 aliphatic heterocycles. The van der Waals surface area contributed by atoms with Crippen molar-refractivity contribution < 1.29 is 0 Å². The SMILES string of the molecule is Cc1cc(=O)n(CCN(C)C)[nH]1. The van der Waals surface area contributed by atoms with E-state index in [1.165, 1.54) is 0 Å². The minimum absolute atomic E-state index is 0.0503. The number of hydrogen-bond donors (Lipinski definition) is 1. The molecular weight excluding hydrogens is 154 g/mol. The van der Waals surface area contributed by atoms with Crippen LogP contribution in [0.3, 0.4) is 0 Å². The molecule has 68 valence electrons. The van der Waals surface area contributed by atoms with Gasteiger partial charge in [0.15, 0.2) is 0 Å². The minimum Gasteiger partial charge on any atom is -0.308 e. The van der Waals surface area contributed by atoms with Crippen LogP contribution in [0.4, 0.5) is 0 Å². The van der Waals surface area contributed by atoms with Gasteiger partial charge in [-0.25, -0.2) is 0 Å². The molecule has 0 radical (unpaired) electrons. The summed E-state index contributed by atoms with van der Waals surface area (Å²) in [5.74, 6) is 0. The normalized spacial score (nSPS) is 11.0. The molecule has 1 N–H and O–H groups in total. The van der Waals surface area contributed by atoms with Crippen LogP contribution in [0.1, 0.15) is 5.69 Å². The molecule has 1 aromatic heterocycles. The van der Waals surface area contributed by atoms with Gasteiger partial charge in [0, 0.05) is 18.3 Å². The molecule has 0 atom stereocenters. The number of nitrogens with one attached hydrogen (secondary N) is 1. The third-order valence-corrected chi connectivity index (χ3v) is 1.69. The van der Waals surface area contributed by atoms with Crippen LogP contribution in [-0.2, 0) is 6.54 Å². The molecule has 0 spiro atoms. The zero-order valence-corrected chi connectivity index (χ0v) is 7.79. The fourth-order valence-corrected chi connectivity index (χ4v) is 1.03. The van der Waals surface area contributed by atoms with E-state index in [2.05, 4.69) is 5.10 Å². The number of likely N-dealkylation sites (N-methyl/N-ethyl adjacent to an activating group) is 1. The number of rotatable bonds is 3. The Morgan fingerprint density at radius 2 is 2.25 bits per heavy atom. The summed E-state index contributed by atoms with van der Waals surface area (Å²) in [5.41, 5.74) is 0.966. The van der Waals surface area contributed by atoms with Gasteiger partial charge in [-0.2, -0.15) is 0 Å². The lowest BCUT2D eigenvalue weighted by atomic mass is 10.5. The maximum absolute atomic E-state index is 11.2. The summed E-state index contributed by atoms with van der Waals surface area (Å²) in [7, 11) is 3.97. The first-order valence-electron chi connectivity index (χ1n) is 4.01. The van der Waals surface area contributed by atoms with E-state index in [-0.39, 0.29) is 5.56 Å². The largest absolute Gasteiger partial charge is 0.308 e. The van der Waals surface area contributed by atoms with Crippen LogP contribution in [0, 0.1) is 6.92 Å². The smallest absolute Gasteiger partial charge is 0.266 e. The maximum atomic E-state index is 11.2. The van der Waals surface area contributed by atoms with Gasteiger partial charge in [-0.1, -0.05) is 0 Å². The summed E-state index contributed by atoms with van der Waals surface area (Å²) in [6, 6.07) is 1.61. The lowest BCUT2D eigenvalue weighted by Crippen LogP contribution is -2.24. The number of nitrogens with zero attached hydrogens (tertiary/aromatic N) is 2. The number of hydrogen-bond acceptors (Lipinski definition) is 2. The Labute approximate surface area is 71.8 Å². The zero-order chi connectivity index (χ0) is 9.14. The fourth-order valence-electron chi connectivity index (χ4n) is 1.03. The summed E-state index contributed by atoms with van der Waals surface area (Å²) in [6.45, 7) is 3.48. The van der Waals surface area contributed by atoms with Gasteiger partial charge in [-0.05, 0) is 21.0 Å². The lowest BCUT2D eigenvalue weighted by Gasteiger charge is -2.08. The highest BCUT2D eigenvalue weighted by atomic mass is 16.1. The first-order chi connectivity index (χ1) is 5.59. The third kappa shape index (κ3) is 2.23. The van der Waals surface area contributed by atoms with Gasteiger partial charge in [-0.3, -0.25) is 14.6 Å². The molecular formula is C8H15N3O. The average Bonchev–Trinajstić information content (AvgIpc) is 2.26.